The molecule has 7 heteroatoms. The summed E-state index contributed by atoms with van der Waals surface area (Å²) in [6.45, 7) is 3.74. The highest BCUT2D eigenvalue weighted by atomic mass is 32.1. The van der Waals surface area contributed by atoms with Crippen LogP contribution >= 0.6 is 23.6 Å². The minimum atomic E-state index is -0.424. The molecule has 4 nitrogen and oxygen atoms in total. The fourth-order valence-corrected chi connectivity index (χ4v) is 3.36. The molecule has 2 aromatic rings. The number of ether oxygens (including phenoxy) is 1. The second kappa shape index (κ2) is 7.02. The maximum Gasteiger partial charge on any atom is 0.225 e. The molecular weight excluding hydrogens is 323 g/mol. The van der Waals surface area contributed by atoms with E-state index in [-0.39, 0.29) is 24.1 Å². The molecule has 0 radical (unpaired) electrons. The molecular formula is C15H17FN2O2S2. The SMILES string of the molecule is COc1cc([C@@H](C)NC(=O)Cc2sc(=S)[nH]c2C)ccc1F. The number of rotatable bonds is 5. The van der Waals surface area contributed by atoms with E-state index < -0.39 is 5.82 Å². The first-order valence-corrected chi connectivity index (χ1v) is 7.94. The van der Waals surface area contributed by atoms with Gasteiger partial charge in [0.25, 0.3) is 0 Å². The van der Waals surface area contributed by atoms with Crippen molar-refractivity contribution < 1.29 is 13.9 Å². The van der Waals surface area contributed by atoms with Gasteiger partial charge in [-0.3, -0.25) is 4.79 Å². The van der Waals surface area contributed by atoms with E-state index >= 15 is 0 Å². The minimum Gasteiger partial charge on any atom is -0.494 e. The summed E-state index contributed by atoms with van der Waals surface area (Å²) in [4.78, 5) is 16.1. The number of hydrogen-bond acceptors (Lipinski definition) is 4. The highest BCUT2D eigenvalue weighted by Crippen LogP contribution is 2.23. The zero-order valence-electron chi connectivity index (χ0n) is 12.5. The third-order valence-corrected chi connectivity index (χ3v) is 4.63. The lowest BCUT2D eigenvalue weighted by molar-refractivity contribution is -0.121. The molecule has 0 saturated carbocycles. The molecule has 1 amide bonds. The van der Waals surface area contributed by atoms with Crippen LogP contribution in [-0.4, -0.2) is 18.0 Å². The summed E-state index contributed by atoms with van der Waals surface area (Å²) in [5.41, 5.74) is 1.70. The van der Waals surface area contributed by atoms with Crippen molar-refractivity contribution >= 4 is 29.5 Å². The first-order chi connectivity index (χ1) is 10.4. The van der Waals surface area contributed by atoms with Crippen molar-refractivity contribution in [2.24, 2.45) is 0 Å². The Balaban J connectivity index is 2.05. The molecule has 22 heavy (non-hydrogen) atoms. The first kappa shape index (κ1) is 16.6. The fourth-order valence-electron chi connectivity index (χ4n) is 2.07. The summed E-state index contributed by atoms with van der Waals surface area (Å²) in [5.74, 6) is -0.366. The topological polar surface area (TPSA) is 54.1 Å². The van der Waals surface area contributed by atoms with E-state index in [9.17, 15) is 9.18 Å². The van der Waals surface area contributed by atoms with Crippen LogP contribution in [0.25, 0.3) is 0 Å². The summed E-state index contributed by atoms with van der Waals surface area (Å²) in [7, 11) is 1.41. The number of aryl methyl sites for hydroxylation is 1. The molecule has 0 unspecified atom stereocenters. The summed E-state index contributed by atoms with van der Waals surface area (Å²) in [6.07, 6.45) is 0.270. The van der Waals surface area contributed by atoms with Gasteiger partial charge < -0.3 is 15.0 Å². The van der Waals surface area contributed by atoms with Gasteiger partial charge in [-0.25, -0.2) is 4.39 Å². The number of hydrogen-bond donors (Lipinski definition) is 2. The van der Waals surface area contributed by atoms with Gasteiger partial charge in [0.15, 0.2) is 15.5 Å². The van der Waals surface area contributed by atoms with E-state index in [1.807, 2.05) is 13.8 Å². The lowest BCUT2D eigenvalue weighted by Gasteiger charge is -2.15. The normalized spacial score (nSPS) is 12.0. The fraction of sp³-hybridized carbons (Fsp3) is 0.333. The van der Waals surface area contributed by atoms with Gasteiger partial charge in [0.2, 0.25) is 5.91 Å². The predicted octanol–water partition coefficient (Wildman–Crippen LogP) is 3.68. The molecule has 1 aromatic carbocycles. The molecule has 0 spiro atoms. The summed E-state index contributed by atoms with van der Waals surface area (Å²) in [5, 5.41) is 2.89. The molecule has 0 aliphatic rings. The van der Waals surface area contributed by atoms with E-state index in [0.717, 1.165) is 16.1 Å². The molecule has 0 fully saturated rings. The van der Waals surface area contributed by atoms with E-state index in [4.69, 9.17) is 17.0 Å². The number of methoxy groups -OCH3 is 1. The van der Waals surface area contributed by atoms with Crippen LogP contribution in [0.3, 0.4) is 0 Å². The van der Waals surface area contributed by atoms with E-state index in [1.165, 1.54) is 24.5 Å². The molecule has 0 aliphatic carbocycles. The van der Waals surface area contributed by atoms with Gasteiger partial charge in [0.05, 0.1) is 19.6 Å². The number of amides is 1. The third-order valence-electron chi connectivity index (χ3n) is 3.30. The van der Waals surface area contributed by atoms with Crippen molar-refractivity contribution in [3.05, 3.63) is 44.1 Å². The third kappa shape index (κ3) is 3.92. The second-order valence-corrected chi connectivity index (χ2v) is 6.69. The number of carbonyl (C=O) groups excluding carboxylic acids is 1. The summed E-state index contributed by atoms with van der Waals surface area (Å²) < 4.78 is 19.0. The number of benzene rings is 1. The van der Waals surface area contributed by atoms with E-state index in [0.29, 0.717) is 3.95 Å². The van der Waals surface area contributed by atoms with E-state index in [2.05, 4.69) is 10.3 Å². The highest BCUT2D eigenvalue weighted by molar-refractivity contribution is 7.73. The number of aromatic amines is 1. The van der Waals surface area contributed by atoms with Gasteiger partial charge in [0.1, 0.15) is 0 Å². The second-order valence-electron chi connectivity index (χ2n) is 4.92. The molecule has 1 atom stereocenters. The monoisotopic (exact) mass is 340 g/mol. The molecule has 0 bridgehead atoms. The van der Waals surface area contributed by atoms with Crippen LogP contribution in [0.4, 0.5) is 4.39 Å². The zero-order chi connectivity index (χ0) is 16.3. The Bertz CT molecular complexity index is 739. The number of aromatic nitrogens is 1. The van der Waals surface area contributed by atoms with Gasteiger partial charge >= 0.3 is 0 Å². The highest BCUT2D eigenvalue weighted by Gasteiger charge is 2.14. The molecule has 118 valence electrons. The van der Waals surface area contributed by atoms with Crippen molar-refractivity contribution in [2.75, 3.05) is 7.11 Å². The molecule has 2 rings (SSSR count). The Morgan fingerprint density at radius 3 is 2.86 bits per heavy atom. The molecule has 1 heterocycles. The van der Waals surface area contributed by atoms with Crippen molar-refractivity contribution in [2.45, 2.75) is 26.3 Å². The first-order valence-electron chi connectivity index (χ1n) is 6.72. The van der Waals surface area contributed by atoms with Crippen LogP contribution in [0.5, 0.6) is 5.75 Å². The average molecular weight is 340 g/mol. The maximum absolute atomic E-state index is 13.4. The number of halogens is 1. The maximum atomic E-state index is 13.4. The van der Waals surface area contributed by atoms with Gasteiger partial charge in [-0.05, 0) is 43.8 Å². The smallest absolute Gasteiger partial charge is 0.225 e. The Morgan fingerprint density at radius 1 is 1.55 bits per heavy atom. The standard InChI is InChI=1S/C15H17FN2O2S2/c1-8(10-4-5-11(16)12(6-10)20-3)17-14(19)7-13-9(2)18-15(21)22-13/h4-6,8H,7H2,1-3H3,(H,17,19)(H,18,21)/t8-/m1/s1. The Morgan fingerprint density at radius 2 is 2.27 bits per heavy atom. The van der Waals surface area contributed by atoms with Crippen molar-refractivity contribution in [3.8, 4) is 5.75 Å². The lowest BCUT2D eigenvalue weighted by Crippen LogP contribution is -2.28. The van der Waals surface area contributed by atoms with Crippen LogP contribution in [0.2, 0.25) is 0 Å². The van der Waals surface area contributed by atoms with Crippen LogP contribution in [0.15, 0.2) is 18.2 Å². The number of carbonyl (C=O) groups is 1. The van der Waals surface area contributed by atoms with Crippen molar-refractivity contribution in [3.63, 3.8) is 0 Å². The quantitative estimate of drug-likeness (QED) is 0.817. The Kier molecular flexibility index (Phi) is 5.31. The van der Waals surface area contributed by atoms with Crippen LogP contribution in [0.1, 0.15) is 29.1 Å². The zero-order valence-corrected chi connectivity index (χ0v) is 14.2. The molecule has 2 N–H and O–H groups in total. The summed E-state index contributed by atoms with van der Waals surface area (Å²) >= 11 is 6.46. The molecule has 0 saturated heterocycles. The van der Waals surface area contributed by atoms with Crippen LogP contribution in [0, 0.1) is 16.7 Å². The van der Waals surface area contributed by atoms with Crippen LogP contribution < -0.4 is 10.1 Å². The largest absolute Gasteiger partial charge is 0.494 e. The van der Waals surface area contributed by atoms with Crippen LogP contribution in [-0.2, 0) is 11.2 Å². The predicted molar refractivity (Wildman–Crippen MR) is 87.5 cm³/mol. The van der Waals surface area contributed by atoms with Gasteiger partial charge in [-0.15, -0.1) is 11.3 Å². The average Bonchev–Trinajstić information content (AvgIpc) is 2.77. The minimum absolute atomic E-state index is 0.107. The summed E-state index contributed by atoms with van der Waals surface area (Å²) in [6, 6.07) is 4.31. The lowest BCUT2D eigenvalue weighted by atomic mass is 10.1. The number of H-pyrrole nitrogens is 1. The molecule has 1 aromatic heterocycles. The Labute approximate surface area is 137 Å². The van der Waals surface area contributed by atoms with Gasteiger partial charge in [-0.1, -0.05) is 6.07 Å². The van der Waals surface area contributed by atoms with Gasteiger partial charge in [0, 0.05) is 10.6 Å². The number of nitrogens with one attached hydrogen (secondary N) is 2. The van der Waals surface area contributed by atoms with E-state index in [1.54, 1.807) is 12.1 Å². The molecule has 0 aliphatic heterocycles. The Hall–Kier alpha value is -1.73. The number of thiazole rings is 1. The van der Waals surface area contributed by atoms with Crippen molar-refractivity contribution in [1.29, 1.82) is 0 Å². The van der Waals surface area contributed by atoms with Crippen molar-refractivity contribution in [1.82, 2.24) is 10.3 Å². The van der Waals surface area contributed by atoms with Gasteiger partial charge in [-0.2, -0.15) is 0 Å².